The second kappa shape index (κ2) is 12.0. The Hall–Kier alpha value is -2.10. The van der Waals surface area contributed by atoms with Crippen LogP contribution in [-0.4, -0.2) is 69.4 Å². The average molecular weight is 526 g/mol. The number of anilines is 1. The highest BCUT2D eigenvalue weighted by Crippen LogP contribution is 2.34. The first-order chi connectivity index (χ1) is 16.0. The van der Waals surface area contributed by atoms with Crippen molar-refractivity contribution < 1.29 is 19.0 Å². The molecule has 1 fully saturated rings. The average Bonchev–Trinajstić information content (AvgIpc) is 3.23. The van der Waals surface area contributed by atoms with Crippen LogP contribution in [0, 0.1) is 6.92 Å². The van der Waals surface area contributed by atoms with Crippen LogP contribution in [0.4, 0.5) is 5.13 Å². The monoisotopic (exact) mass is 525 g/mol. The molecule has 184 valence electrons. The van der Waals surface area contributed by atoms with E-state index in [1.54, 1.807) is 19.1 Å². The second-order valence-electron chi connectivity index (χ2n) is 7.93. The van der Waals surface area contributed by atoms with Crippen molar-refractivity contribution in [3.05, 3.63) is 46.5 Å². The van der Waals surface area contributed by atoms with E-state index in [4.69, 9.17) is 30.8 Å². The van der Waals surface area contributed by atoms with E-state index in [0.29, 0.717) is 28.2 Å². The third-order valence-corrected chi connectivity index (χ3v) is 6.96. The Morgan fingerprint density at radius 1 is 1.18 bits per heavy atom. The number of ether oxygens (including phenoxy) is 3. The first-order valence-electron chi connectivity index (χ1n) is 10.9. The summed E-state index contributed by atoms with van der Waals surface area (Å²) in [5.41, 5.74) is 2.74. The van der Waals surface area contributed by atoms with Crippen molar-refractivity contribution in [2.45, 2.75) is 13.3 Å². The smallest absolute Gasteiger partial charge is 0.233 e. The number of aryl methyl sites for hydroxylation is 1. The summed E-state index contributed by atoms with van der Waals surface area (Å²) in [5.74, 6) is 1.22. The topological polar surface area (TPSA) is 64.1 Å². The molecule has 0 atom stereocenters. The molecule has 2 aromatic carbocycles. The van der Waals surface area contributed by atoms with Gasteiger partial charge in [0.15, 0.2) is 16.6 Å². The lowest BCUT2D eigenvalue weighted by Gasteiger charge is -2.29. The molecular weight excluding hydrogens is 497 g/mol. The number of fused-ring (bicyclic) bond motifs is 1. The molecule has 1 aliphatic heterocycles. The van der Waals surface area contributed by atoms with Crippen LogP contribution >= 0.6 is 35.3 Å². The zero-order valence-electron chi connectivity index (χ0n) is 19.5. The van der Waals surface area contributed by atoms with Crippen LogP contribution in [0.1, 0.15) is 11.1 Å². The maximum Gasteiger partial charge on any atom is 0.233 e. The van der Waals surface area contributed by atoms with Crippen molar-refractivity contribution in [3.63, 3.8) is 0 Å². The number of rotatable bonds is 8. The first kappa shape index (κ1) is 26.5. The molecule has 0 N–H and O–H groups in total. The molecule has 4 rings (SSSR count). The summed E-state index contributed by atoms with van der Waals surface area (Å²) in [6.07, 6.45) is 0.235. The van der Waals surface area contributed by atoms with Crippen LogP contribution in [0.3, 0.4) is 0 Å². The van der Waals surface area contributed by atoms with E-state index in [2.05, 4.69) is 4.90 Å². The predicted molar refractivity (Wildman–Crippen MR) is 139 cm³/mol. The highest BCUT2D eigenvalue weighted by atomic mass is 35.5. The Morgan fingerprint density at radius 2 is 1.91 bits per heavy atom. The van der Waals surface area contributed by atoms with Gasteiger partial charge in [0.2, 0.25) is 5.91 Å². The van der Waals surface area contributed by atoms with Crippen molar-refractivity contribution in [2.24, 2.45) is 0 Å². The lowest BCUT2D eigenvalue weighted by molar-refractivity contribution is -0.118. The molecule has 1 aromatic heterocycles. The van der Waals surface area contributed by atoms with Gasteiger partial charge in [-0.3, -0.25) is 14.6 Å². The lowest BCUT2D eigenvalue weighted by Crippen LogP contribution is -2.43. The molecule has 1 amide bonds. The SMILES string of the molecule is COc1ccc(CC(=O)N(CCN2CCOCC2)c2nc3c(C)cc(Cl)cc3s2)cc1OC.Cl. The molecule has 0 aliphatic carbocycles. The number of carbonyl (C=O) groups excluding carboxylic acids is 1. The minimum Gasteiger partial charge on any atom is -0.493 e. The molecule has 3 aromatic rings. The number of morpholine rings is 1. The van der Waals surface area contributed by atoms with E-state index < -0.39 is 0 Å². The Morgan fingerprint density at radius 3 is 2.62 bits per heavy atom. The van der Waals surface area contributed by atoms with Crippen LogP contribution < -0.4 is 14.4 Å². The van der Waals surface area contributed by atoms with Crippen molar-refractivity contribution in [1.82, 2.24) is 9.88 Å². The molecule has 0 spiro atoms. The number of aromatic nitrogens is 1. The van der Waals surface area contributed by atoms with Crippen molar-refractivity contribution in [1.29, 1.82) is 0 Å². The van der Waals surface area contributed by atoms with Crippen LogP contribution in [0.5, 0.6) is 11.5 Å². The number of benzene rings is 2. The summed E-state index contributed by atoms with van der Waals surface area (Å²) in [6, 6.07) is 9.37. The summed E-state index contributed by atoms with van der Waals surface area (Å²) >= 11 is 7.75. The summed E-state index contributed by atoms with van der Waals surface area (Å²) in [7, 11) is 3.18. The van der Waals surface area contributed by atoms with Crippen LogP contribution in [-0.2, 0) is 16.0 Å². The molecule has 10 heteroatoms. The number of nitrogens with zero attached hydrogens (tertiary/aromatic N) is 3. The van der Waals surface area contributed by atoms with E-state index in [0.717, 1.165) is 54.2 Å². The predicted octanol–water partition coefficient (Wildman–Crippen LogP) is 4.61. The van der Waals surface area contributed by atoms with Gasteiger partial charge in [0, 0.05) is 31.2 Å². The van der Waals surface area contributed by atoms with Crippen molar-refractivity contribution in [3.8, 4) is 11.5 Å². The Balaban J connectivity index is 0.00000324. The summed E-state index contributed by atoms with van der Waals surface area (Å²) in [6.45, 7) is 6.48. The standard InChI is InChI=1S/C24H28ClN3O4S.ClH/c1-16-12-18(25)15-21-23(16)26-24(33-21)28(7-6-27-8-10-32-11-9-27)22(29)14-17-4-5-19(30-2)20(13-17)31-3;/h4-5,12-13,15H,6-11,14H2,1-3H3;1H. The van der Waals surface area contributed by atoms with E-state index in [9.17, 15) is 4.79 Å². The number of hydrogen-bond donors (Lipinski definition) is 0. The summed E-state index contributed by atoms with van der Waals surface area (Å²) < 4.78 is 17.2. The highest BCUT2D eigenvalue weighted by molar-refractivity contribution is 7.22. The molecule has 2 heterocycles. The number of carbonyl (C=O) groups is 1. The van der Waals surface area contributed by atoms with Gasteiger partial charge < -0.3 is 14.2 Å². The van der Waals surface area contributed by atoms with E-state index >= 15 is 0 Å². The number of methoxy groups -OCH3 is 2. The maximum absolute atomic E-state index is 13.5. The lowest BCUT2D eigenvalue weighted by atomic mass is 10.1. The van der Waals surface area contributed by atoms with Gasteiger partial charge in [0.05, 0.1) is 44.1 Å². The van der Waals surface area contributed by atoms with E-state index in [-0.39, 0.29) is 24.7 Å². The molecule has 7 nitrogen and oxygen atoms in total. The second-order valence-corrected chi connectivity index (χ2v) is 9.38. The third-order valence-electron chi connectivity index (χ3n) is 5.72. The van der Waals surface area contributed by atoms with Gasteiger partial charge in [-0.1, -0.05) is 29.0 Å². The largest absolute Gasteiger partial charge is 0.493 e. The Kier molecular flexibility index (Phi) is 9.39. The van der Waals surface area contributed by atoms with Crippen LogP contribution in [0.2, 0.25) is 5.02 Å². The number of hydrogen-bond acceptors (Lipinski definition) is 7. The van der Waals surface area contributed by atoms with E-state index in [1.807, 2.05) is 37.3 Å². The van der Waals surface area contributed by atoms with E-state index in [1.165, 1.54) is 11.3 Å². The number of amides is 1. The molecule has 0 radical (unpaired) electrons. The molecule has 0 bridgehead atoms. The number of halogens is 2. The van der Waals surface area contributed by atoms with Gasteiger partial charge >= 0.3 is 0 Å². The fourth-order valence-corrected chi connectivity index (χ4v) is 5.38. The van der Waals surface area contributed by atoms with Crippen LogP contribution in [0.15, 0.2) is 30.3 Å². The van der Waals surface area contributed by atoms with Gasteiger partial charge in [0.1, 0.15) is 0 Å². The summed E-state index contributed by atoms with van der Waals surface area (Å²) in [5, 5.41) is 1.36. The van der Waals surface area contributed by atoms with Gasteiger partial charge in [-0.15, -0.1) is 12.4 Å². The molecule has 1 aliphatic rings. The Bertz CT molecular complexity index is 1130. The van der Waals surface area contributed by atoms with Crippen molar-refractivity contribution >= 4 is 56.6 Å². The fraction of sp³-hybridized carbons (Fsp3) is 0.417. The Labute approximate surface area is 215 Å². The normalized spacial score (nSPS) is 14.0. The third kappa shape index (κ3) is 6.12. The highest BCUT2D eigenvalue weighted by Gasteiger charge is 2.23. The number of thiazole rings is 1. The minimum absolute atomic E-state index is 0. The summed E-state index contributed by atoms with van der Waals surface area (Å²) in [4.78, 5) is 22.4. The zero-order valence-corrected chi connectivity index (χ0v) is 21.9. The quantitative estimate of drug-likeness (QED) is 0.428. The zero-order chi connectivity index (χ0) is 23.4. The van der Waals surface area contributed by atoms with Crippen molar-refractivity contribution in [2.75, 3.05) is 58.5 Å². The molecule has 1 saturated heterocycles. The fourth-order valence-electron chi connectivity index (χ4n) is 3.91. The molecule has 0 saturated carbocycles. The molecule has 34 heavy (non-hydrogen) atoms. The van der Waals surface area contributed by atoms with Gasteiger partial charge in [-0.25, -0.2) is 4.98 Å². The van der Waals surface area contributed by atoms with Gasteiger partial charge in [-0.05, 0) is 42.3 Å². The first-order valence-corrected chi connectivity index (χ1v) is 12.1. The van der Waals surface area contributed by atoms with Crippen LogP contribution in [0.25, 0.3) is 10.2 Å². The van der Waals surface area contributed by atoms with Gasteiger partial charge in [-0.2, -0.15) is 0 Å². The molecular formula is C24H29Cl2N3O4S. The van der Waals surface area contributed by atoms with Gasteiger partial charge in [0.25, 0.3) is 0 Å². The molecule has 0 unspecified atom stereocenters. The minimum atomic E-state index is -0.0155. The maximum atomic E-state index is 13.5.